The van der Waals surface area contributed by atoms with Crippen molar-refractivity contribution in [2.24, 2.45) is 5.92 Å². The van der Waals surface area contributed by atoms with Gasteiger partial charge in [-0.05, 0) is 63.8 Å². The van der Waals surface area contributed by atoms with Gasteiger partial charge in [-0.2, -0.15) is 11.8 Å². The normalized spacial score (nSPS) is 33.2. The van der Waals surface area contributed by atoms with Gasteiger partial charge < -0.3 is 5.32 Å². The molecule has 0 radical (unpaired) electrons. The second-order valence-corrected chi connectivity index (χ2v) is 8.76. The van der Waals surface area contributed by atoms with Gasteiger partial charge in [-0.1, -0.05) is 0 Å². The van der Waals surface area contributed by atoms with Crippen LogP contribution in [0, 0.1) is 5.92 Å². The second-order valence-electron chi connectivity index (χ2n) is 5.82. The molecule has 4 nitrogen and oxygen atoms in total. The van der Waals surface area contributed by atoms with Crippen molar-refractivity contribution in [2.45, 2.75) is 49.8 Å². The third kappa shape index (κ3) is 5.25. The highest BCUT2D eigenvalue weighted by Gasteiger charge is 2.26. The summed E-state index contributed by atoms with van der Waals surface area (Å²) in [6.45, 7) is 1.88. The Morgan fingerprint density at radius 2 is 1.95 bits per heavy atom. The van der Waals surface area contributed by atoms with Crippen LogP contribution in [0.1, 0.15) is 38.5 Å². The number of hydrogen-bond donors (Lipinski definition) is 2. The maximum Gasteiger partial charge on any atom is 0.212 e. The van der Waals surface area contributed by atoms with E-state index >= 15 is 0 Å². The Morgan fingerprint density at radius 1 is 1.21 bits per heavy atom. The largest absolute Gasteiger partial charge is 0.316 e. The van der Waals surface area contributed by atoms with Crippen LogP contribution in [0.3, 0.4) is 0 Å². The molecule has 1 heterocycles. The summed E-state index contributed by atoms with van der Waals surface area (Å²) in [4.78, 5) is 0. The average Bonchev–Trinajstić information content (AvgIpc) is 2.39. The standard InChI is InChI=1S/C13H26N2O2S2/c1-18-13-6-4-12(5-7-13)15-19(16,17)10-11-3-2-8-14-9-11/h11-15H,2-10H2,1H3. The second kappa shape index (κ2) is 7.29. The Morgan fingerprint density at radius 3 is 2.53 bits per heavy atom. The molecule has 1 aliphatic heterocycles. The fraction of sp³-hybridized carbons (Fsp3) is 1.00. The summed E-state index contributed by atoms with van der Waals surface area (Å²) in [6.07, 6.45) is 8.54. The predicted octanol–water partition coefficient (Wildman–Crippen LogP) is 1.58. The average molecular weight is 306 g/mol. The molecule has 1 saturated carbocycles. The van der Waals surface area contributed by atoms with Gasteiger partial charge >= 0.3 is 0 Å². The van der Waals surface area contributed by atoms with Crippen LogP contribution >= 0.6 is 11.8 Å². The third-order valence-electron chi connectivity index (χ3n) is 4.21. The molecule has 1 saturated heterocycles. The summed E-state index contributed by atoms with van der Waals surface area (Å²) in [5.41, 5.74) is 0. The topological polar surface area (TPSA) is 58.2 Å². The van der Waals surface area contributed by atoms with Gasteiger partial charge in [0.05, 0.1) is 5.75 Å². The zero-order valence-electron chi connectivity index (χ0n) is 11.7. The number of sulfonamides is 1. The van der Waals surface area contributed by atoms with Crippen molar-refractivity contribution in [3.63, 3.8) is 0 Å². The van der Waals surface area contributed by atoms with Gasteiger partial charge in [0, 0.05) is 11.3 Å². The van der Waals surface area contributed by atoms with Crippen LogP contribution in [0.4, 0.5) is 0 Å². The molecule has 6 heteroatoms. The Labute approximate surface area is 121 Å². The smallest absolute Gasteiger partial charge is 0.212 e. The quantitative estimate of drug-likeness (QED) is 0.810. The summed E-state index contributed by atoms with van der Waals surface area (Å²) < 4.78 is 27.3. The highest BCUT2D eigenvalue weighted by Crippen LogP contribution is 2.27. The zero-order valence-corrected chi connectivity index (χ0v) is 13.4. The minimum Gasteiger partial charge on any atom is -0.316 e. The molecule has 112 valence electrons. The predicted molar refractivity (Wildman–Crippen MR) is 82.1 cm³/mol. The van der Waals surface area contributed by atoms with Gasteiger partial charge in [-0.25, -0.2) is 13.1 Å². The van der Waals surface area contributed by atoms with Gasteiger partial charge in [-0.3, -0.25) is 0 Å². The summed E-state index contributed by atoms with van der Waals surface area (Å²) in [6, 6.07) is 0.171. The van der Waals surface area contributed by atoms with Crippen LogP contribution < -0.4 is 10.0 Å². The van der Waals surface area contributed by atoms with Crippen molar-refractivity contribution in [1.82, 2.24) is 10.0 Å². The number of piperidine rings is 1. The molecule has 1 unspecified atom stereocenters. The van der Waals surface area contributed by atoms with E-state index in [0.717, 1.165) is 56.9 Å². The van der Waals surface area contributed by atoms with E-state index in [1.165, 1.54) is 0 Å². The molecule has 0 aromatic carbocycles. The van der Waals surface area contributed by atoms with E-state index in [1.54, 1.807) is 0 Å². The lowest BCUT2D eigenvalue weighted by atomic mass is 9.96. The molecule has 2 N–H and O–H groups in total. The molecule has 0 aromatic rings. The van der Waals surface area contributed by atoms with Gasteiger partial charge in [-0.15, -0.1) is 0 Å². The van der Waals surface area contributed by atoms with Crippen LogP contribution in [0.15, 0.2) is 0 Å². The lowest BCUT2D eigenvalue weighted by Gasteiger charge is -2.29. The Hall–Kier alpha value is 0.220. The van der Waals surface area contributed by atoms with E-state index in [-0.39, 0.29) is 12.0 Å². The summed E-state index contributed by atoms with van der Waals surface area (Å²) in [5, 5.41) is 4.00. The molecule has 2 aliphatic rings. The molecular formula is C13H26N2O2S2. The highest BCUT2D eigenvalue weighted by molar-refractivity contribution is 7.99. The first kappa shape index (κ1) is 15.6. The highest BCUT2D eigenvalue weighted by atomic mass is 32.2. The molecule has 0 amide bonds. The van der Waals surface area contributed by atoms with Gasteiger partial charge in [0.1, 0.15) is 0 Å². The molecular weight excluding hydrogens is 280 g/mol. The Bertz CT molecular complexity index is 359. The van der Waals surface area contributed by atoms with Crippen molar-refractivity contribution in [1.29, 1.82) is 0 Å². The van der Waals surface area contributed by atoms with E-state index in [4.69, 9.17) is 0 Å². The van der Waals surface area contributed by atoms with E-state index in [2.05, 4.69) is 16.3 Å². The van der Waals surface area contributed by atoms with E-state index in [0.29, 0.717) is 5.75 Å². The number of rotatable bonds is 5. The van der Waals surface area contributed by atoms with Crippen LogP contribution in [0.5, 0.6) is 0 Å². The molecule has 1 atom stereocenters. The molecule has 2 fully saturated rings. The first-order valence-electron chi connectivity index (χ1n) is 7.32. The molecule has 2 rings (SSSR count). The maximum atomic E-state index is 12.2. The molecule has 0 spiro atoms. The molecule has 0 aromatic heterocycles. The minimum absolute atomic E-state index is 0.171. The van der Waals surface area contributed by atoms with Crippen molar-refractivity contribution in [2.75, 3.05) is 25.1 Å². The fourth-order valence-corrected chi connectivity index (χ4v) is 5.58. The maximum absolute atomic E-state index is 12.2. The van der Waals surface area contributed by atoms with Crippen LogP contribution in [0.2, 0.25) is 0 Å². The van der Waals surface area contributed by atoms with Crippen molar-refractivity contribution < 1.29 is 8.42 Å². The van der Waals surface area contributed by atoms with Crippen LogP contribution in [0.25, 0.3) is 0 Å². The van der Waals surface area contributed by atoms with E-state index in [1.807, 2.05) is 11.8 Å². The van der Waals surface area contributed by atoms with Gasteiger partial charge in [0.25, 0.3) is 0 Å². The van der Waals surface area contributed by atoms with Gasteiger partial charge in [0.15, 0.2) is 0 Å². The van der Waals surface area contributed by atoms with Crippen molar-refractivity contribution in [3.05, 3.63) is 0 Å². The van der Waals surface area contributed by atoms with E-state index in [9.17, 15) is 8.42 Å². The van der Waals surface area contributed by atoms with Crippen LogP contribution in [-0.4, -0.2) is 44.8 Å². The zero-order chi connectivity index (χ0) is 13.7. The molecule has 0 bridgehead atoms. The minimum atomic E-state index is -3.10. The summed E-state index contributed by atoms with van der Waals surface area (Å²) in [7, 11) is -3.10. The number of thioether (sulfide) groups is 1. The fourth-order valence-electron chi connectivity index (χ4n) is 3.09. The summed E-state index contributed by atoms with van der Waals surface area (Å²) >= 11 is 1.91. The molecule has 1 aliphatic carbocycles. The Balaban J connectivity index is 1.77. The van der Waals surface area contributed by atoms with Gasteiger partial charge in [0.2, 0.25) is 10.0 Å². The lowest BCUT2D eigenvalue weighted by molar-refractivity contribution is 0.393. The van der Waals surface area contributed by atoms with Crippen molar-refractivity contribution in [3.8, 4) is 0 Å². The first-order valence-corrected chi connectivity index (χ1v) is 10.3. The monoisotopic (exact) mass is 306 g/mol. The summed E-state index contributed by atoms with van der Waals surface area (Å²) in [5.74, 6) is 0.580. The number of hydrogen-bond acceptors (Lipinski definition) is 4. The lowest BCUT2D eigenvalue weighted by Crippen LogP contribution is -2.42. The first-order chi connectivity index (χ1) is 9.09. The SMILES string of the molecule is CSC1CCC(NS(=O)(=O)CC2CCCNC2)CC1. The Kier molecular flexibility index (Phi) is 5.99. The van der Waals surface area contributed by atoms with Crippen LogP contribution in [-0.2, 0) is 10.0 Å². The van der Waals surface area contributed by atoms with E-state index < -0.39 is 10.0 Å². The number of nitrogens with one attached hydrogen (secondary N) is 2. The third-order valence-corrected chi connectivity index (χ3v) is 6.95. The van der Waals surface area contributed by atoms with Crippen molar-refractivity contribution >= 4 is 21.8 Å². The molecule has 19 heavy (non-hydrogen) atoms.